The molecule has 0 unspecified atom stereocenters. The number of thioether (sulfide) groups is 1. The predicted octanol–water partition coefficient (Wildman–Crippen LogP) is 2.53. The van der Waals surface area contributed by atoms with Crippen molar-refractivity contribution < 1.29 is 19.1 Å². The molecule has 1 saturated heterocycles. The fourth-order valence-electron chi connectivity index (χ4n) is 2.79. The summed E-state index contributed by atoms with van der Waals surface area (Å²) in [7, 11) is 0. The van der Waals surface area contributed by atoms with E-state index in [1.165, 1.54) is 11.8 Å². The van der Waals surface area contributed by atoms with Crippen molar-refractivity contribution in [2.24, 2.45) is 0 Å². The average molecular weight is 378 g/mol. The second-order valence-corrected chi connectivity index (χ2v) is 7.45. The number of esters is 1. The number of aryl methyl sites for hydroxylation is 2. The van der Waals surface area contributed by atoms with Crippen LogP contribution in [-0.2, 0) is 19.1 Å². The molecular weight excluding hydrogens is 352 g/mol. The van der Waals surface area contributed by atoms with Gasteiger partial charge in [0.1, 0.15) is 0 Å². The molecule has 1 aromatic rings. The molecule has 1 N–H and O–H groups in total. The van der Waals surface area contributed by atoms with E-state index in [2.05, 4.69) is 5.32 Å². The molecule has 142 valence electrons. The second kappa shape index (κ2) is 10.2. The van der Waals surface area contributed by atoms with Gasteiger partial charge in [-0.25, -0.2) is 0 Å². The number of hydrogen-bond acceptors (Lipinski definition) is 5. The fourth-order valence-corrected chi connectivity index (χ4v) is 3.40. The molecule has 26 heavy (non-hydrogen) atoms. The van der Waals surface area contributed by atoms with Gasteiger partial charge in [0, 0.05) is 18.8 Å². The monoisotopic (exact) mass is 378 g/mol. The maximum absolute atomic E-state index is 12.0. The fraction of sp³-hybridized carbons (Fsp3) is 0.526. The number of carbonyl (C=O) groups is 3. The number of hydrogen-bond donors (Lipinski definition) is 1. The molecule has 1 heterocycles. The van der Waals surface area contributed by atoms with E-state index in [1.807, 2.05) is 32.0 Å². The molecule has 0 spiro atoms. The van der Waals surface area contributed by atoms with Gasteiger partial charge in [0.05, 0.1) is 11.5 Å². The SMILES string of the molecule is Cc1ccc(NC(=O)CSCC(=O)OCC(=O)N2CCCCC2)c(C)c1. The maximum atomic E-state index is 12.0. The highest BCUT2D eigenvalue weighted by Crippen LogP contribution is 2.16. The third kappa shape index (κ3) is 6.71. The lowest BCUT2D eigenvalue weighted by molar-refractivity contribution is -0.150. The van der Waals surface area contributed by atoms with E-state index in [1.54, 1.807) is 4.90 Å². The van der Waals surface area contributed by atoms with E-state index in [0.29, 0.717) is 0 Å². The Balaban J connectivity index is 1.62. The number of carbonyl (C=O) groups excluding carboxylic acids is 3. The first-order chi connectivity index (χ1) is 12.5. The molecule has 7 heteroatoms. The van der Waals surface area contributed by atoms with Gasteiger partial charge >= 0.3 is 5.97 Å². The third-order valence-electron chi connectivity index (χ3n) is 4.17. The molecule has 0 aliphatic carbocycles. The number of benzene rings is 1. The molecule has 1 fully saturated rings. The van der Waals surface area contributed by atoms with Crippen molar-refractivity contribution >= 4 is 35.2 Å². The largest absolute Gasteiger partial charge is 0.455 e. The summed E-state index contributed by atoms with van der Waals surface area (Å²) in [6.07, 6.45) is 3.15. The summed E-state index contributed by atoms with van der Waals surface area (Å²) in [5, 5.41) is 2.83. The van der Waals surface area contributed by atoms with Crippen molar-refractivity contribution in [3.63, 3.8) is 0 Å². The first-order valence-electron chi connectivity index (χ1n) is 8.84. The highest BCUT2D eigenvalue weighted by Gasteiger charge is 2.18. The van der Waals surface area contributed by atoms with Crippen LogP contribution in [0.3, 0.4) is 0 Å². The van der Waals surface area contributed by atoms with Gasteiger partial charge in [-0.2, -0.15) is 0 Å². The van der Waals surface area contributed by atoms with Gasteiger partial charge in [0.2, 0.25) is 5.91 Å². The van der Waals surface area contributed by atoms with Gasteiger partial charge < -0.3 is 15.0 Å². The van der Waals surface area contributed by atoms with Crippen LogP contribution in [0.2, 0.25) is 0 Å². The van der Waals surface area contributed by atoms with Crippen LogP contribution in [-0.4, -0.2) is 53.9 Å². The number of anilines is 1. The Hall–Kier alpha value is -2.02. The smallest absolute Gasteiger partial charge is 0.316 e. The van der Waals surface area contributed by atoms with Crippen molar-refractivity contribution in [2.75, 3.05) is 36.5 Å². The molecule has 0 radical (unpaired) electrons. The highest BCUT2D eigenvalue weighted by atomic mass is 32.2. The summed E-state index contributed by atoms with van der Waals surface area (Å²) in [5.41, 5.74) is 2.91. The lowest BCUT2D eigenvalue weighted by Gasteiger charge is -2.26. The number of likely N-dealkylation sites (tertiary alicyclic amines) is 1. The number of rotatable bonds is 7. The molecular formula is C19H26N2O4S. The number of nitrogens with one attached hydrogen (secondary N) is 1. The van der Waals surface area contributed by atoms with Crippen molar-refractivity contribution in [3.8, 4) is 0 Å². The lowest BCUT2D eigenvalue weighted by atomic mass is 10.1. The zero-order valence-corrected chi connectivity index (χ0v) is 16.2. The van der Waals surface area contributed by atoms with Crippen molar-refractivity contribution in [1.82, 2.24) is 4.90 Å². The van der Waals surface area contributed by atoms with Crippen LogP contribution >= 0.6 is 11.8 Å². The van der Waals surface area contributed by atoms with E-state index in [4.69, 9.17) is 4.74 Å². The second-order valence-electron chi connectivity index (χ2n) is 6.46. The van der Waals surface area contributed by atoms with Crippen molar-refractivity contribution in [2.45, 2.75) is 33.1 Å². The minimum absolute atomic E-state index is 0.0492. The highest BCUT2D eigenvalue weighted by molar-refractivity contribution is 8.00. The molecule has 1 aromatic carbocycles. The van der Waals surface area contributed by atoms with Crippen LogP contribution in [0, 0.1) is 13.8 Å². The summed E-state index contributed by atoms with van der Waals surface area (Å²) >= 11 is 1.17. The molecule has 0 bridgehead atoms. The topological polar surface area (TPSA) is 75.7 Å². The first kappa shape index (κ1) is 20.3. The number of ether oxygens (including phenoxy) is 1. The summed E-state index contributed by atoms with van der Waals surface area (Å²) in [4.78, 5) is 37.3. The van der Waals surface area contributed by atoms with Crippen LogP contribution < -0.4 is 5.32 Å². The Labute approximate surface area is 158 Å². The van der Waals surface area contributed by atoms with E-state index in [-0.39, 0.29) is 29.9 Å². The number of piperidine rings is 1. The molecule has 2 amide bonds. The Morgan fingerprint density at radius 3 is 2.54 bits per heavy atom. The number of amides is 2. The minimum atomic E-state index is -0.473. The van der Waals surface area contributed by atoms with Crippen molar-refractivity contribution in [3.05, 3.63) is 29.3 Å². The van der Waals surface area contributed by atoms with Crippen molar-refractivity contribution in [1.29, 1.82) is 0 Å². The Kier molecular flexibility index (Phi) is 7.97. The van der Waals surface area contributed by atoms with E-state index in [0.717, 1.165) is 49.2 Å². The Morgan fingerprint density at radius 2 is 1.85 bits per heavy atom. The first-order valence-corrected chi connectivity index (χ1v) is 9.99. The van der Waals surface area contributed by atoms with Crippen LogP contribution in [0.5, 0.6) is 0 Å². The Bertz CT molecular complexity index is 657. The molecule has 1 aliphatic heterocycles. The van der Waals surface area contributed by atoms with Gasteiger partial charge in [0.25, 0.3) is 5.91 Å². The van der Waals surface area contributed by atoms with Gasteiger partial charge in [-0.15, -0.1) is 11.8 Å². The van der Waals surface area contributed by atoms with Gasteiger partial charge in [-0.1, -0.05) is 17.7 Å². The molecule has 6 nitrogen and oxygen atoms in total. The van der Waals surface area contributed by atoms with E-state index < -0.39 is 5.97 Å². The predicted molar refractivity (Wildman–Crippen MR) is 103 cm³/mol. The maximum Gasteiger partial charge on any atom is 0.316 e. The zero-order valence-electron chi connectivity index (χ0n) is 15.4. The Morgan fingerprint density at radius 1 is 1.12 bits per heavy atom. The van der Waals surface area contributed by atoms with Crippen LogP contribution in [0.25, 0.3) is 0 Å². The minimum Gasteiger partial charge on any atom is -0.455 e. The summed E-state index contributed by atoms with van der Waals surface area (Å²) in [6, 6.07) is 5.81. The third-order valence-corrected chi connectivity index (χ3v) is 5.08. The molecule has 0 aromatic heterocycles. The molecule has 1 aliphatic rings. The summed E-state index contributed by atoms with van der Waals surface area (Å²) in [5.74, 6) is -0.578. The summed E-state index contributed by atoms with van der Waals surface area (Å²) < 4.78 is 5.01. The van der Waals surface area contributed by atoms with E-state index >= 15 is 0 Å². The normalized spacial score (nSPS) is 14.0. The average Bonchev–Trinajstić information content (AvgIpc) is 2.63. The molecule has 0 atom stereocenters. The van der Waals surface area contributed by atoms with Gasteiger partial charge in [-0.3, -0.25) is 14.4 Å². The quantitative estimate of drug-likeness (QED) is 0.738. The molecule has 2 rings (SSSR count). The van der Waals surface area contributed by atoms with E-state index in [9.17, 15) is 14.4 Å². The standard InChI is InChI=1S/C19H26N2O4S/c1-14-6-7-16(15(2)10-14)20-17(22)12-26-13-19(24)25-11-18(23)21-8-4-3-5-9-21/h6-7,10H,3-5,8-9,11-13H2,1-2H3,(H,20,22). The molecule has 0 saturated carbocycles. The van der Waals surface area contributed by atoms with Crippen LogP contribution in [0.1, 0.15) is 30.4 Å². The van der Waals surface area contributed by atoms with Crippen LogP contribution in [0.15, 0.2) is 18.2 Å². The lowest BCUT2D eigenvalue weighted by Crippen LogP contribution is -2.38. The van der Waals surface area contributed by atoms with Crippen LogP contribution in [0.4, 0.5) is 5.69 Å². The summed E-state index contributed by atoms with van der Waals surface area (Å²) in [6.45, 7) is 5.20. The van der Waals surface area contributed by atoms with Gasteiger partial charge in [0.15, 0.2) is 6.61 Å². The zero-order chi connectivity index (χ0) is 18.9. The van der Waals surface area contributed by atoms with Gasteiger partial charge in [-0.05, 0) is 44.7 Å². The number of nitrogens with zero attached hydrogens (tertiary/aromatic N) is 1.